The minimum Gasteiger partial charge on any atom is -0.335 e. The zero-order valence-corrected chi connectivity index (χ0v) is 12.4. The van der Waals surface area contributed by atoms with E-state index in [0.29, 0.717) is 18.5 Å². The van der Waals surface area contributed by atoms with Gasteiger partial charge in [0.25, 0.3) is 0 Å². The van der Waals surface area contributed by atoms with E-state index in [2.05, 4.69) is 24.5 Å². The molecule has 0 radical (unpaired) electrons. The maximum atomic E-state index is 12.0. The van der Waals surface area contributed by atoms with Crippen molar-refractivity contribution < 1.29 is 4.79 Å². The normalized spacial score (nSPS) is 26.1. The molecule has 3 unspecified atom stereocenters. The summed E-state index contributed by atoms with van der Waals surface area (Å²) in [7, 11) is 0. The lowest BCUT2D eigenvalue weighted by Gasteiger charge is -2.32. The van der Waals surface area contributed by atoms with Crippen LogP contribution in [0.2, 0.25) is 0 Å². The summed E-state index contributed by atoms with van der Waals surface area (Å²) in [5.41, 5.74) is 7.41. The Hall–Kier alpha value is -1.55. The van der Waals surface area contributed by atoms with Crippen LogP contribution in [0.3, 0.4) is 0 Å². The number of carbonyl (C=O) groups excluding carboxylic acids is 1. The minimum absolute atomic E-state index is 0.120. The predicted octanol–water partition coefficient (Wildman–Crippen LogP) is 3.09. The number of benzene rings is 1. The maximum Gasteiger partial charge on any atom is 0.319 e. The first kappa shape index (κ1) is 14.9. The van der Waals surface area contributed by atoms with Crippen LogP contribution in [0.4, 0.5) is 10.5 Å². The minimum atomic E-state index is -0.120. The van der Waals surface area contributed by atoms with Crippen LogP contribution < -0.4 is 16.4 Å². The molecule has 1 aromatic rings. The van der Waals surface area contributed by atoms with Gasteiger partial charge in [0, 0.05) is 18.3 Å². The third-order valence-corrected chi connectivity index (χ3v) is 4.35. The number of nitrogens with two attached hydrogens (primary N) is 1. The van der Waals surface area contributed by atoms with Crippen molar-refractivity contribution in [2.75, 3.05) is 5.32 Å². The van der Waals surface area contributed by atoms with Crippen molar-refractivity contribution in [1.29, 1.82) is 0 Å². The van der Waals surface area contributed by atoms with Crippen LogP contribution in [0, 0.1) is 11.8 Å². The van der Waals surface area contributed by atoms with Gasteiger partial charge in [-0.1, -0.05) is 26.0 Å². The fraction of sp³-hybridized carbons (Fsp3) is 0.562. The van der Waals surface area contributed by atoms with E-state index in [0.717, 1.165) is 30.0 Å². The third-order valence-electron chi connectivity index (χ3n) is 4.35. The van der Waals surface area contributed by atoms with E-state index in [4.69, 9.17) is 5.73 Å². The van der Waals surface area contributed by atoms with Gasteiger partial charge in [-0.2, -0.15) is 0 Å². The zero-order valence-electron chi connectivity index (χ0n) is 12.4. The van der Waals surface area contributed by atoms with Crippen molar-refractivity contribution in [2.24, 2.45) is 17.6 Å². The van der Waals surface area contributed by atoms with E-state index in [-0.39, 0.29) is 6.03 Å². The molecule has 0 aliphatic heterocycles. The summed E-state index contributed by atoms with van der Waals surface area (Å²) in [6, 6.07) is 7.81. The van der Waals surface area contributed by atoms with Gasteiger partial charge < -0.3 is 16.4 Å². The largest absolute Gasteiger partial charge is 0.335 e. The Kier molecular flexibility index (Phi) is 5.01. The number of carbonyl (C=O) groups is 1. The molecule has 1 aliphatic rings. The molecule has 1 aliphatic carbocycles. The van der Waals surface area contributed by atoms with Crippen molar-refractivity contribution in [3.63, 3.8) is 0 Å². The van der Waals surface area contributed by atoms with E-state index in [1.54, 1.807) is 0 Å². The Balaban J connectivity index is 1.86. The molecule has 2 rings (SSSR count). The molecule has 20 heavy (non-hydrogen) atoms. The number of amides is 2. The summed E-state index contributed by atoms with van der Waals surface area (Å²) in [5, 5.41) is 5.96. The second-order valence-corrected chi connectivity index (χ2v) is 5.97. The summed E-state index contributed by atoms with van der Waals surface area (Å²) >= 11 is 0. The molecule has 0 aromatic heterocycles. The summed E-state index contributed by atoms with van der Waals surface area (Å²) < 4.78 is 0. The van der Waals surface area contributed by atoms with Crippen molar-refractivity contribution in [1.82, 2.24) is 5.32 Å². The topological polar surface area (TPSA) is 67.2 Å². The summed E-state index contributed by atoms with van der Waals surface area (Å²) in [6.45, 7) is 5.04. The number of rotatable bonds is 3. The Morgan fingerprint density at radius 1 is 1.30 bits per heavy atom. The molecule has 4 N–H and O–H groups in total. The number of anilines is 1. The van der Waals surface area contributed by atoms with Gasteiger partial charge in [0.05, 0.1) is 0 Å². The average Bonchev–Trinajstić information content (AvgIpc) is 2.43. The number of hydrogen-bond donors (Lipinski definition) is 3. The maximum absolute atomic E-state index is 12.0. The number of hydrogen-bond acceptors (Lipinski definition) is 2. The van der Waals surface area contributed by atoms with Crippen molar-refractivity contribution in [3.05, 3.63) is 29.8 Å². The first-order chi connectivity index (χ1) is 9.58. The molecule has 0 spiro atoms. The smallest absolute Gasteiger partial charge is 0.319 e. The van der Waals surface area contributed by atoms with Gasteiger partial charge in [-0.15, -0.1) is 0 Å². The van der Waals surface area contributed by atoms with Crippen LogP contribution in [-0.2, 0) is 6.54 Å². The van der Waals surface area contributed by atoms with Crippen molar-refractivity contribution in [2.45, 2.75) is 45.7 Å². The SMILES string of the molecule is CC1CCC(NC(=O)Nc2cccc(CN)c2)CC1C. The van der Waals surface area contributed by atoms with E-state index in [1.807, 2.05) is 24.3 Å². The van der Waals surface area contributed by atoms with Gasteiger partial charge in [-0.3, -0.25) is 0 Å². The Labute approximate surface area is 121 Å². The molecule has 3 atom stereocenters. The van der Waals surface area contributed by atoms with E-state index in [9.17, 15) is 4.79 Å². The molecule has 0 heterocycles. The molecule has 4 heteroatoms. The first-order valence-electron chi connectivity index (χ1n) is 7.45. The highest BCUT2D eigenvalue weighted by molar-refractivity contribution is 5.89. The lowest BCUT2D eigenvalue weighted by atomic mass is 9.79. The predicted molar refractivity (Wildman–Crippen MR) is 82.5 cm³/mol. The summed E-state index contributed by atoms with van der Waals surface area (Å²) in [4.78, 5) is 12.0. The van der Waals surface area contributed by atoms with Crippen LogP contribution in [-0.4, -0.2) is 12.1 Å². The van der Waals surface area contributed by atoms with Crippen LogP contribution in [0.5, 0.6) is 0 Å². The molecule has 1 saturated carbocycles. The van der Waals surface area contributed by atoms with Gasteiger partial charge in [0.1, 0.15) is 0 Å². The molecule has 1 aromatic carbocycles. The van der Waals surface area contributed by atoms with Crippen LogP contribution >= 0.6 is 0 Å². The lowest BCUT2D eigenvalue weighted by molar-refractivity contribution is 0.215. The fourth-order valence-corrected chi connectivity index (χ4v) is 2.81. The monoisotopic (exact) mass is 275 g/mol. The van der Waals surface area contributed by atoms with Crippen LogP contribution in [0.1, 0.15) is 38.7 Å². The molecule has 1 fully saturated rings. The third kappa shape index (κ3) is 3.97. The molecule has 0 saturated heterocycles. The molecular weight excluding hydrogens is 250 g/mol. The first-order valence-corrected chi connectivity index (χ1v) is 7.45. The zero-order chi connectivity index (χ0) is 14.5. The average molecular weight is 275 g/mol. The number of urea groups is 1. The van der Waals surface area contributed by atoms with E-state index in [1.165, 1.54) is 6.42 Å². The standard InChI is InChI=1S/C16H25N3O/c1-11-6-7-15(8-12(11)2)19-16(20)18-14-5-3-4-13(9-14)10-17/h3-5,9,11-12,15H,6-8,10,17H2,1-2H3,(H2,18,19,20). The Morgan fingerprint density at radius 2 is 2.10 bits per heavy atom. The molecule has 110 valence electrons. The summed E-state index contributed by atoms with van der Waals surface area (Å²) in [6.07, 6.45) is 3.33. The second-order valence-electron chi connectivity index (χ2n) is 5.97. The highest BCUT2D eigenvalue weighted by Crippen LogP contribution is 2.29. The molecule has 0 bridgehead atoms. The van der Waals surface area contributed by atoms with Crippen molar-refractivity contribution >= 4 is 11.7 Å². The van der Waals surface area contributed by atoms with Gasteiger partial charge in [-0.25, -0.2) is 4.79 Å². The van der Waals surface area contributed by atoms with Gasteiger partial charge >= 0.3 is 6.03 Å². The van der Waals surface area contributed by atoms with Gasteiger partial charge in [-0.05, 0) is 48.8 Å². The quantitative estimate of drug-likeness (QED) is 0.793. The second kappa shape index (κ2) is 6.75. The van der Waals surface area contributed by atoms with E-state index < -0.39 is 0 Å². The molecular formula is C16H25N3O. The Morgan fingerprint density at radius 3 is 2.80 bits per heavy atom. The Bertz CT molecular complexity index is 461. The number of nitrogens with one attached hydrogen (secondary N) is 2. The van der Waals surface area contributed by atoms with Crippen LogP contribution in [0.25, 0.3) is 0 Å². The highest BCUT2D eigenvalue weighted by atomic mass is 16.2. The fourth-order valence-electron chi connectivity index (χ4n) is 2.81. The van der Waals surface area contributed by atoms with Gasteiger partial charge in [0.15, 0.2) is 0 Å². The molecule has 4 nitrogen and oxygen atoms in total. The highest BCUT2D eigenvalue weighted by Gasteiger charge is 2.25. The van der Waals surface area contributed by atoms with Crippen molar-refractivity contribution in [3.8, 4) is 0 Å². The van der Waals surface area contributed by atoms with E-state index >= 15 is 0 Å². The molecule has 2 amide bonds. The van der Waals surface area contributed by atoms with Gasteiger partial charge in [0.2, 0.25) is 0 Å². The van der Waals surface area contributed by atoms with Crippen LogP contribution in [0.15, 0.2) is 24.3 Å². The summed E-state index contributed by atoms with van der Waals surface area (Å²) in [5.74, 6) is 1.44. The lowest BCUT2D eigenvalue weighted by Crippen LogP contribution is -2.41.